The first-order valence-corrected chi connectivity index (χ1v) is 5.66. The lowest BCUT2D eigenvalue weighted by Gasteiger charge is -2.27. The van der Waals surface area contributed by atoms with E-state index >= 15 is 0 Å². The Morgan fingerprint density at radius 2 is 1.65 bits per heavy atom. The number of hydrogen-bond donors (Lipinski definition) is 2. The molecule has 0 heterocycles. The Kier molecular flexibility index (Phi) is 3.57. The Hall–Kier alpha value is -1.23. The van der Waals surface area contributed by atoms with Crippen LogP contribution in [0.5, 0.6) is 0 Å². The Labute approximate surface area is 97.5 Å². The lowest BCUT2D eigenvalue weighted by atomic mass is 9.93. The van der Waals surface area contributed by atoms with E-state index in [1.807, 2.05) is 0 Å². The number of anilines is 1. The summed E-state index contributed by atoms with van der Waals surface area (Å²) in [5.74, 6) is -3.82. The normalized spacial score (nSPS) is 24.7. The summed E-state index contributed by atoms with van der Waals surface area (Å²) in [6, 6.07) is 2.09. The van der Waals surface area contributed by atoms with Gasteiger partial charge in [-0.1, -0.05) is 0 Å². The molecule has 0 radical (unpaired) electrons. The van der Waals surface area contributed by atoms with Gasteiger partial charge in [0.05, 0.1) is 11.8 Å². The third-order valence-corrected chi connectivity index (χ3v) is 3.09. The Morgan fingerprint density at radius 3 is 2.29 bits per heavy atom. The zero-order chi connectivity index (χ0) is 12.4. The molecule has 0 aliphatic heterocycles. The zero-order valence-corrected chi connectivity index (χ0v) is 9.22. The van der Waals surface area contributed by atoms with E-state index in [1.165, 1.54) is 6.07 Å². The van der Waals surface area contributed by atoms with E-state index in [9.17, 15) is 18.3 Å². The van der Waals surface area contributed by atoms with Crippen molar-refractivity contribution < 1.29 is 18.3 Å². The summed E-state index contributed by atoms with van der Waals surface area (Å²) in [6.45, 7) is 0. The molecular weight excluding hydrogens is 231 g/mol. The van der Waals surface area contributed by atoms with E-state index in [4.69, 9.17) is 0 Å². The van der Waals surface area contributed by atoms with Crippen molar-refractivity contribution in [2.24, 2.45) is 0 Å². The average molecular weight is 245 g/mol. The second-order valence-electron chi connectivity index (χ2n) is 4.37. The molecule has 0 unspecified atom stereocenters. The van der Waals surface area contributed by atoms with E-state index in [1.54, 1.807) is 0 Å². The van der Waals surface area contributed by atoms with Gasteiger partial charge in [0.15, 0.2) is 17.5 Å². The van der Waals surface area contributed by atoms with E-state index in [2.05, 4.69) is 5.32 Å². The van der Waals surface area contributed by atoms with Gasteiger partial charge in [0.1, 0.15) is 0 Å². The summed E-state index contributed by atoms with van der Waals surface area (Å²) in [5, 5.41) is 12.2. The maximum Gasteiger partial charge on any atom is 0.196 e. The highest BCUT2D eigenvalue weighted by molar-refractivity contribution is 5.46. The molecule has 2 N–H and O–H groups in total. The van der Waals surface area contributed by atoms with Crippen LogP contribution in [0, 0.1) is 17.5 Å². The van der Waals surface area contributed by atoms with Gasteiger partial charge in [-0.15, -0.1) is 0 Å². The van der Waals surface area contributed by atoms with Crippen LogP contribution >= 0.6 is 0 Å². The van der Waals surface area contributed by atoms with Gasteiger partial charge in [-0.05, 0) is 37.8 Å². The van der Waals surface area contributed by atoms with E-state index in [-0.39, 0.29) is 17.8 Å². The van der Waals surface area contributed by atoms with Gasteiger partial charge in [0.25, 0.3) is 0 Å². The van der Waals surface area contributed by atoms with Gasteiger partial charge in [-0.3, -0.25) is 0 Å². The number of benzene rings is 1. The first-order chi connectivity index (χ1) is 8.08. The largest absolute Gasteiger partial charge is 0.393 e. The van der Waals surface area contributed by atoms with Crippen molar-refractivity contribution in [2.45, 2.75) is 37.8 Å². The Bertz CT molecular complexity index is 403. The predicted octanol–water partition coefficient (Wildman–Crippen LogP) is 2.82. The molecule has 1 aromatic rings. The standard InChI is InChI=1S/C12H14F3NO/c13-9-5-6-10(12(15)11(9)14)16-7-1-3-8(17)4-2-7/h5-8,16-17H,1-4H2. The maximum absolute atomic E-state index is 13.4. The van der Waals surface area contributed by atoms with E-state index in [0.717, 1.165) is 6.07 Å². The minimum atomic E-state index is -1.45. The first kappa shape index (κ1) is 12.2. The van der Waals surface area contributed by atoms with Crippen LogP contribution in [0.1, 0.15) is 25.7 Å². The third-order valence-electron chi connectivity index (χ3n) is 3.09. The molecule has 0 spiro atoms. The number of nitrogens with one attached hydrogen (secondary N) is 1. The highest BCUT2D eigenvalue weighted by Gasteiger charge is 2.21. The second-order valence-corrected chi connectivity index (χ2v) is 4.37. The minimum absolute atomic E-state index is 0.00207. The number of rotatable bonds is 2. The van der Waals surface area contributed by atoms with Crippen LogP contribution in [0.3, 0.4) is 0 Å². The molecule has 1 aliphatic carbocycles. The monoisotopic (exact) mass is 245 g/mol. The molecule has 5 heteroatoms. The summed E-state index contributed by atoms with van der Waals surface area (Å²) >= 11 is 0. The molecule has 1 saturated carbocycles. The number of hydrogen-bond acceptors (Lipinski definition) is 2. The molecule has 2 rings (SSSR count). The highest BCUT2D eigenvalue weighted by atomic mass is 19.2. The van der Waals surface area contributed by atoms with Crippen molar-refractivity contribution in [2.75, 3.05) is 5.32 Å². The highest BCUT2D eigenvalue weighted by Crippen LogP contribution is 2.25. The van der Waals surface area contributed by atoms with Crippen LogP contribution in [0.4, 0.5) is 18.9 Å². The summed E-state index contributed by atoms with van der Waals surface area (Å²) in [6.07, 6.45) is 2.37. The van der Waals surface area contributed by atoms with Gasteiger partial charge >= 0.3 is 0 Å². The molecule has 0 atom stereocenters. The van der Waals surface area contributed by atoms with Gasteiger partial charge in [-0.25, -0.2) is 13.2 Å². The number of halogens is 3. The first-order valence-electron chi connectivity index (χ1n) is 5.66. The summed E-state index contributed by atoms with van der Waals surface area (Å²) in [7, 11) is 0. The molecule has 1 aliphatic rings. The molecule has 17 heavy (non-hydrogen) atoms. The molecule has 0 aromatic heterocycles. The Morgan fingerprint density at radius 1 is 1.00 bits per heavy atom. The fraction of sp³-hybridized carbons (Fsp3) is 0.500. The van der Waals surface area contributed by atoms with Crippen LogP contribution in [0.15, 0.2) is 12.1 Å². The van der Waals surface area contributed by atoms with Crippen LogP contribution in [-0.4, -0.2) is 17.3 Å². The minimum Gasteiger partial charge on any atom is -0.393 e. The summed E-state index contributed by atoms with van der Waals surface area (Å²) < 4.78 is 39.1. The maximum atomic E-state index is 13.4. The molecule has 2 nitrogen and oxygen atoms in total. The lowest BCUT2D eigenvalue weighted by molar-refractivity contribution is 0.126. The van der Waals surface area contributed by atoms with Crippen molar-refractivity contribution >= 4 is 5.69 Å². The summed E-state index contributed by atoms with van der Waals surface area (Å²) in [5.41, 5.74) is -0.0229. The molecule has 1 fully saturated rings. The van der Waals surface area contributed by atoms with Crippen LogP contribution in [0.25, 0.3) is 0 Å². The van der Waals surface area contributed by atoms with Crippen molar-refractivity contribution in [3.8, 4) is 0 Å². The van der Waals surface area contributed by atoms with Gasteiger partial charge < -0.3 is 10.4 Å². The Balaban J connectivity index is 2.06. The fourth-order valence-corrected chi connectivity index (χ4v) is 2.08. The van der Waals surface area contributed by atoms with Crippen LogP contribution in [0.2, 0.25) is 0 Å². The molecule has 0 amide bonds. The van der Waals surface area contributed by atoms with Gasteiger partial charge in [0.2, 0.25) is 0 Å². The lowest BCUT2D eigenvalue weighted by Crippen LogP contribution is -2.28. The molecule has 1 aromatic carbocycles. The zero-order valence-electron chi connectivity index (χ0n) is 9.22. The van der Waals surface area contributed by atoms with Crippen molar-refractivity contribution in [3.05, 3.63) is 29.6 Å². The van der Waals surface area contributed by atoms with Crippen molar-refractivity contribution in [1.29, 1.82) is 0 Å². The van der Waals surface area contributed by atoms with Crippen molar-refractivity contribution in [1.82, 2.24) is 0 Å². The second kappa shape index (κ2) is 4.96. The SMILES string of the molecule is OC1CCC(Nc2ccc(F)c(F)c2F)CC1. The van der Waals surface area contributed by atoms with Gasteiger partial charge in [-0.2, -0.15) is 0 Å². The molecule has 94 valence electrons. The molecule has 0 bridgehead atoms. The quantitative estimate of drug-likeness (QED) is 0.785. The molecule has 0 saturated heterocycles. The topological polar surface area (TPSA) is 32.3 Å². The third kappa shape index (κ3) is 2.72. The predicted molar refractivity (Wildman–Crippen MR) is 58.2 cm³/mol. The smallest absolute Gasteiger partial charge is 0.196 e. The van der Waals surface area contributed by atoms with E-state index in [0.29, 0.717) is 25.7 Å². The fourth-order valence-electron chi connectivity index (χ4n) is 2.08. The number of aliphatic hydroxyl groups is 1. The van der Waals surface area contributed by atoms with E-state index < -0.39 is 17.5 Å². The van der Waals surface area contributed by atoms with Gasteiger partial charge in [0, 0.05) is 6.04 Å². The molecular formula is C12H14F3NO. The van der Waals surface area contributed by atoms with Crippen LogP contribution in [-0.2, 0) is 0 Å². The van der Waals surface area contributed by atoms with Crippen LogP contribution < -0.4 is 5.32 Å². The average Bonchev–Trinajstić information content (AvgIpc) is 2.33. The summed E-state index contributed by atoms with van der Waals surface area (Å²) in [4.78, 5) is 0. The number of aliphatic hydroxyl groups excluding tert-OH is 1. The van der Waals surface area contributed by atoms with Crippen molar-refractivity contribution in [3.63, 3.8) is 0 Å².